The molecular weight excluding hydrogens is 458 g/mol. The Morgan fingerprint density at radius 2 is 1.43 bits per heavy atom. The summed E-state index contributed by atoms with van der Waals surface area (Å²) in [6.45, 7) is -0.587. The van der Waals surface area contributed by atoms with Crippen LogP contribution in [0.15, 0.2) is 39.9 Å². The average Bonchev–Trinajstić information content (AvgIpc) is 3.21. The van der Waals surface area contributed by atoms with Crippen LogP contribution in [0.3, 0.4) is 0 Å². The van der Waals surface area contributed by atoms with E-state index in [2.05, 4.69) is 0 Å². The maximum atomic E-state index is 13.0. The standard InChI is InChI=1S/C17H14F6N2O3S2/c18-16(19,20)12-8-11(9-13(10-12)17(21,22)23)15(26)24-3-5-25(6-4-24)30(27,28)14-2-1-7-29-14/h1-2,7-10H,3-6H2. The molecule has 0 saturated carbocycles. The predicted molar refractivity (Wildman–Crippen MR) is 95.4 cm³/mol. The molecular formula is C17H14F6N2O3S2. The summed E-state index contributed by atoms with van der Waals surface area (Å²) in [6, 6.07) is 3.66. The van der Waals surface area contributed by atoms with E-state index < -0.39 is 45.0 Å². The molecule has 0 bridgehead atoms. The van der Waals surface area contributed by atoms with Crippen molar-refractivity contribution >= 4 is 27.3 Å². The van der Waals surface area contributed by atoms with Gasteiger partial charge in [-0.25, -0.2) is 8.42 Å². The molecule has 1 aromatic carbocycles. The summed E-state index contributed by atoms with van der Waals surface area (Å²) in [5, 5.41) is 1.58. The molecule has 2 aromatic rings. The van der Waals surface area contributed by atoms with Gasteiger partial charge in [0.1, 0.15) is 4.21 Å². The molecule has 0 N–H and O–H groups in total. The van der Waals surface area contributed by atoms with Crippen LogP contribution < -0.4 is 0 Å². The quantitative estimate of drug-likeness (QED) is 0.637. The summed E-state index contributed by atoms with van der Waals surface area (Å²) in [5.74, 6) is -1.03. The van der Waals surface area contributed by atoms with Gasteiger partial charge < -0.3 is 4.90 Å². The lowest BCUT2D eigenvalue weighted by atomic mass is 10.0. The highest BCUT2D eigenvalue weighted by Crippen LogP contribution is 2.36. The van der Waals surface area contributed by atoms with E-state index in [-0.39, 0.29) is 36.5 Å². The van der Waals surface area contributed by atoms with Crippen LogP contribution in [-0.2, 0) is 22.4 Å². The molecule has 1 fully saturated rings. The van der Waals surface area contributed by atoms with E-state index in [0.29, 0.717) is 12.1 Å². The van der Waals surface area contributed by atoms with Gasteiger partial charge in [0.2, 0.25) is 0 Å². The van der Waals surface area contributed by atoms with Crippen molar-refractivity contribution < 1.29 is 39.6 Å². The Bertz CT molecular complexity index is 992. The number of hydrogen-bond acceptors (Lipinski definition) is 4. The molecule has 0 unspecified atom stereocenters. The summed E-state index contributed by atoms with van der Waals surface area (Å²) >= 11 is 1.01. The van der Waals surface area contributed by atoms with Crippen LogP contribution in [0, 0.1) is 0 Å². The van der Waals surface area contributed by atoms with Crippen molar-refractivity contribution in [3.8, 4) is 0 Å². The van der Waals surface area contributed by atoms with Crippen LogP contribution in [0.4, 0.5) is 26.3 Å². The van der Waals surface area contributed by atoms with Gasteiger partial charge in [-0.05, 0) is 29.6 Å². The monoisotopic (exact) mass is 472 g/mol. The number of amides is 1. The third-order valence-electron chi connectivity index (χ3n) is 4.45. The molecule has 30 heavy (non-hydrogen) atoms. The average molecular weight is 472 g/mol. The van der Waals surface area contributed by atoms with Crippen LogP contribution in [0.2, 0.25) is 0 Å². The molecule has 0 spiro atoms. The van der Waals surface area contributed by atoms with Crippen molar-refractivity contribution in [2.24, 2.45) is 0 Å². The number of rotatable bonds is 3. The van der Waals surface area contributed by atoms with E-state index in [9.17, 15) is 39.6 Å². The van der Waals surface area contributed by atoms with Gasteiger partial charge in [-0.3, -0.25) is 4.79 Å². The van der Waals surface area contributed by atoms with Crippen molar-refractivity contribution in [1.29, 1.82) is 0 Å². The fourth-order valence-electron chi connectivity index (χ4n) is 2.93. The van der Waals surface area contributed by atoms with Gasteiger partial charge in [0.25, 0.3) is 15.9 Å². The second kappa shape index (κ2) is 7.85. The first kappa shape index (κ1) is 22.6. The van der Waals surface area contributed by atoms with Gasteiger partial charge in [0, 0.05) is 31.7 Å². The summed E-state index contributed by atoms with van der Waals surface area (Å²) in [4.78, 5) is 13.6. The van der Waals surface area contributed by atoms with Crippen molar-refractivity contribution in [3.63, 3.8) is 0 Å². The van der Waals surface area contributed by atoms with Crippen molar-refractivity contribution in [3.05, 3.63) is 52.4 Å². The molecule has 0 atom stereocenters. The Morgan fingerprint density at radius 3 is 1.87 bits per heavy atom. The molecule has 0 radical (unpaired) electrons. The minimum Gasteiger partial charge on any atom is -0.336 e. The van der Waals surface area contributed by atoms with E-state index >= 15 is 0 Å². The number of nitrogens with zero attached hydrogens (tertiary/aromatic N) is 2. The fourth-order valence-corrected chi connectivity index (χ4v) is 5.50. The van der Waals surface area contributed by atoms with Crippen molar-refractivity contribution in [1.82, 2.24) is 9.21 Å². The lowest BCUT2D eigenvalue weighted by molar-refractivity contribution is -0.143. The third kappa shape index (κ3) is 4.62. The molecule has 1 aliphatic heterocycles. The third-order valence-corrected chi connectivity index (χ3v) is 7.72. The highest BCUT2D eigenvalue weighted by Gasteiger charge is 2.38. The largest absolute Gasteiger partial charge is 0.416 e. The number of hydrogen-bond donors (Lipinski definition) is 0. The number of piperazine rings is 1. The Hall–Kier alpha value is -2.12. The van der Waals surface area contributed by atoms with Crippen molar-refractivity contribution in [2.45, 2.75) is 16.6 Å². The van der Waals surface area contributed by atoms with Gasteiger partial charge >= 0.3 is 12.4 Å². The van der Waals surface area contributed by atoms with E-state index in [1.54, 1.807) is 11.4 Å². The smallest absolute Gasteiger partial charge is 0.336 e. The lowest BCUT2D eigenvalue weighted by Crippen LogP contribution is -2.50. The van der Waals surface area contributed by atoms with Crippen LogP contribution in [0.1, 0.15) is 21.5 Å². The second-order valence-electron chi connectivity index (χ2n) is 6.42. The summed E-state index contributed by atoms with van der Waals surface area (Å²) in [7, 11) is -3.77. The number of carbonyl (C=O) groups is 1. The molecule has 3 rings (SSSR count). The Kier molecular flexibility index (Phi) is 5.91. The Morgan fingerprint density at radius 1 is 0.900 bits per heavy atom. The van der Waals surface area contributed by atoms with E-state index in [0.717, 1.165) is 20.5 Å². The predicted octanol–water partition coefficient (Wildman–Crippen LogP) is 3.93. The zero-order valence-corrected chi connectivity index (χ0v) is 16.6. The summed E-state index contributed by atoms with van der Waals surface area (Å²) < 4.78 is 104. The van der Waals surface area contributed by atoms with Gasteiger partial charge in [-0.15, -0.1) is 11.3 Å². The van der Waals surface area contributed by atoms with E-state index in [1.807, 2.05) is 0 Å². The summed E-state index contributed by atoms with van der Waals surface area (Å²) in [5.41, 5.74) is -3.93. The molecule has 1 saturated heterocycles. The first-order valence-electron chi connectivity index (χ1n) is 8.42. The minimum absolute atomic E-state index is 0.0533. The van der Waals surface area contributed by atoms with Gasteiger partial charge in [0.05, 0.1) is 11.1 Å². The zero-order chi connectivity index (χ0) is 22.3. The Balaban J connectivity index is 1.81. The second-order valence-corrected chi connectivity index (χ2v) is 9.54. The highest BCUT2D eigenvalue weighted by molar-refractivity contribution is 7.91. The molecule has 1 aliphatic rings. The number of benzene rings is 1. The van der Waals surface area contributed by atoms with Crippen LogP contribution in [-0.4, -0.2) is 49.7 Å². The minimum atomic E-state index is -5.07. The topological polar surface area (TPSA) is 57.7 Å². The molecule has 0 aliphatic carbocycles. The number of halogens is 6. The van der Waals surface area contributed by atoms with Crippen molar-refractivity contribution in [2.75, 3.05) is 26.2 Å². The highest BCUT2D eigenvalue weighted by atomic mass is 32.2. The SMILES string of the molecule is O=C(c1cc(C(F)(F)F)cc(C(F)(F)F)c1)N1CCN(S(=O)(=O)c2cccs2)CC1. The molecule has 13 heteroatoms. The first-order chi connectivity index (χ1) is 13.8. The zero-order valence-electron chi connectivity index (χ0n) is 15.0. The fraction of sp³-hybridized carbons (Fsp3) is 0.353. The van der Waals surface area contributed by atoms with Gasteiger partial charge in [0.15, 0.2) is 0 Å². The van der Waals surface area contributed by atoms with Gasteiger partial charge in [-0.1, -0.05) is 6.07 Å². The maximum Gasteiger partial charge on any atom is 0.416 e. The molecule has 2 heterocycles. The molecule has 5 nitrogen and oxygen atoms in total. The number of sulfonamides is 1. The van der Waals surface area contributed by atoms with Crippen LogP contribution >= 0.6 is 11.3 Å². The van der Waals surface area contributed by atoms with Gasteiger partial charge in [-0.2, -0.15) is 30.6 Å². The maximum absolute atomic E-state index is 13.0. The van der Waals surface area contributed by atoms with E-state index in [1.165, 1.54) is 6.07 Å². The van der Waals surface area contributed by atoms with E-state index in [4.69, 9.17) is 0 Å². The molecule has 1 aromatic heterocycles. The van der Waals surface area contributed by atoms with Crippen LogP contribution in [0.25, 0.3) is 0 Å². The summed E-state index contributed by atoms with van der Waals surface area (Å²) in [6.07, 6.45) is -10.1. The number of alkyl halides is 6. The normalized spacial score (nSPS) is 16.7. The first-order valence-corrected chi connectivity index (χ1v) is 10.7. The Labute approximate surface area is 171 Å². The number of thiophene rings is 1. The van der Waals surface area contributed by atoms with Crippen LogP contribution in [0.5, 0.6) is 0 Å². The molecule has 1 amide bonds. The number of carbonyl (C=O) groups excluding carboxylic acids is 1. The lowest BCUT2D eigenvalue weighted by Gasteiger charge is -2.34. The molecule has 164 valence electrons.